The van der Waals surface area contributed by atoms with Gasteiger partial charge in [-0.3, -0.25) is 4.79 Å². The van der Waals surface area contributed by atoms with Crippen LogP contribution in [0, 0.1) is 0 Å². The Balaban J connectivity index is 1.38. The third kappa shape index (κ3) is 5.74. The average Bonchev–Trinajstić information content (AvgIpc) is 3.26. The van der Waals surface area contributed by atoms with Gasteiger partial charge in [-0.15, -0.1) is 0 Å². The van der Waals surface area contributed by atoms with Crippen molar-refractivity contribution in [2.75, 3.05) is 6.54 Å². The Bertz CT molecular complexity index is 1120. The predicted octanol–water partition coefficient (Wildman–Crippen LogP) is 6.34. The van der Waals surface area contributed by atoms with E-state index < -0.39 is 17.7 Å². The van der Waals surface area contributed by atoms with Crippen molar-refractivity contribution in [3.63, 3.8) is 0 Å². The summed E-state index contributed by atoms with van der Waals surface area (Å²) < 4.78 is 40.1. The average molecular weight is 456 g/mol. The minimum absolute atomic E-state index is 0.0785. The lowest BCUT2D eigenvalue weighted by Gasteiger charge is -2.18. The SMILES string of the molecule is O=C(O)CCc1cc([C@@H]2CCC(NCCc3cccc4ccccc34)C2)ccc1C(F)(F)F. The van der Waals surface area contributed by atoms with Crippen molar-refractivity contribution >= 4 is 16.7 Å². The predicted molar refractivity (Wildman–Crippen MR) is 123 cm³/mol. The molecule has 2 atom stereocenters. The van der Waals surface area contributed by atoms with Gasteiger partial charge in [0.2, 0.25) is 0 Å². The minimum atomic E-state index is -4.48. The fourth-order valence-corrected chi connectivity index (χ4v) is 4.98. The Labute approximate surface area is 191 Å². The standard InChI is InChI=1S/C27H28F3NO2/c28-27(29,30)25-12-9-20(16-22(25)10-13-26(32)33)21-8-11-23(17-21)31-15-14-19-6-3-5-18-4-1-2-7-24(18)19/h1-7,9,12,16,21,23,31H,8,10-11,13-15,17H2,(H,32,33)/t21-,23?/m1/s1. The van der Waals surface area contributed by atoms with Crippen LogP contribution in [0.25, 0.3) is 10.8 Å². The molecule has 1 saturated carbocycles. The number of carboxylic acid groups (broad SMARTS) is 1. The number of alkyl halides is 3. The van der Waals surface area contributed by atoms with Crippen LogP contribution in [-0.4, -0.2) is 23.7 Å². The molecule has 174 valence electrons. The van der Waals surface area contributed by atoms with Gasteiger partial charge in [0.1, 0.15) is 0 Å². The number of hydrogen-bond acceptors (Lipinski definition) is 2. The number of carbonyl (C=O) groups is 1. The van der Waals surface area contributed by atoms with Crippen LogP contribution in [0.2, 0.25) is 0 Å². The molecule has 0 bridgehead atoms. The highest BCUT2D eigenvalue weighted by Gasteiger charge is 2.34. The van der Waals surface area contributed by atoms with Crippen molar-refractivity contribution in [3.05, 3.63) is 82.9 Å². The molecule has 3 nitrogen and oxygen atoms in total. The second-order valence-electron chi connectivity index (χ2n) is 8.86. The molecule has 0 amide bonds. The zero-order valence-electron chi connectivity index (χ0n) is 18.4. The highest BCUT2D eigenvalue weighted by Crippen LogP contribution is 2.38. The van der Waals surface area contributed by atoms with Gasteiger partial charge in [0.25, 0.3) is 0 Å². The topological polar surface area (TPSA) is 49.3 Å². The summed E-state index contributed by atoms with van der Waals surface area (Å²) in [6.45, 7) is 0.849. The van der Waals surface area contributed by atoms with Crippen LogP contribution in [0.1, 0.15) is 53.9 Å². The zero-order valence-corrected chi connectivity index (χ0v) is 18.4. The number of hydrogen-bond donors (Lipinski definition) is 2. The van der Waals surface area contributed by atoms with Crippen LogP contribution >= 0.6 is 0 Å². The molecule has 0 aromatic heterocycles. The van der Waals surface area contributed by atoms with E-state index in [1.54, 1.807) is 12.1 Å². The lowest BCUT2D eigenvalue weighted by atomic mass is 9.91. The molecule has 0 saturated heterocycles. The molecule has 2 N–H and O–H groups in total. The van der Waals surface area contributed by atoms with Crippen LogP contribution in [0.4, 0.5) is 13.2 Å². The molecule has 0 radical (unpaired) electrons. The summed E-state index contributed by atoms with van der Waals surface area (Å²) in [7, 11) is 0. The summed E-state index contributed by atoms with van der Waals surface area (Å²) >= 11 is 0. The molecule has 1 unspecified atom stereocenters. The molecule has 0 aliphatic heterocycles. The number of benzene rings is 3. The summed E-state index contributed by atoms with van der Waals surface area (Å²) in [5, 5.41) is 15.0. The number of fused-ring (bicyclic) bond motifs is 1. The van der Waals surface area contributed by atoms with Gasteiger partial charge < -0.3 is 10.4 Å². The molecule has 33 heavy (non-hydrogen) atoms. The molecular weight excluding hydrogens is 427 g/mol. The van der Waals surface area contributed by atoms with E-state index in [4.69, 9.17) is 5.11 Å². The van der Waals surface area contributed by atoms with Crippen molar-refractivity contribution in [2.45, 2.75) is 56.7 Å². The number of rotatable bonds is 8. The molecule has 1 fully saturated rings. The van der Waals surface area contributed by atoms with E-state index in [1.165, 1.54) is 16.3 Å². The number of halogens is 3. The normalized spacial score (nSPS) is 18.6. The number of aliphatic carboxylic acids is 1. The lowest BCUT2D eigenvalue weighted by Crippen LogP contribution is -2.28. The first kappa shape index (κ1) is 23.3. The van der Waals surface area contributed by atoms with Crippen LogP contribution in [0.3, 0.4) is 0 Å². The molecule has 0 spiro atoms. The van der Waals surface area contributed by atoms with Gasteiger partial charge in [0.15, 0.2) is 0 Å². The fourth-order valence-electron chi connectivity index (χ4n) is 4.98. The molecule has 1 aliphatic carbocycles. The van der Waals surface area contributed by atoms with Gasteiger partial charge in [0.05, 0.1) is 5.56 Å². The largest absolute Gasteiger partial charge is 0.481 e. The maximum atomic E-state index is 13.4. The van der Waals surface area contributed by atoms with E-state index in [0.29, 0.717) is 6.04 Å². The summed E-state index contributed by atoms with van der Waals surface area (Å²) in [5.74, 6) is -0.907. The maximum absolute atomic E-state index is 13.4. The van der Waals surface area contributed by atoms with Gasteiger partial charge >= 0.3 is 12.1 Å². The number of nitrogens with one attached hydrogen (secondary N) is 1. The van der Waals surface area contributed by atoms with Crippen molar-refractivity contribution in [1.29, 1.82) is 0 Å². The number of carboxylic acids is 1. The Morgan fingerprint density at radius 3 is 2.55 bits per heavy atom. The van der Waals surface area contributed by atoms with Gasteiger partial charge in [-0.05, 0) is 78.1 Å². The molecule has 3 aromatic rings. The summed E-state index contributed by atoms with van der Waals surface area (Å²) in [6.07, 6.45) is -1.22. The third-order valence-electron chi connectivity index (χ3n) is 6.65. The lowest BCUT2D eigenvalue weighted by molar-refractivity contribution is -0.140. The number of aryl methyl sites for hydroxylation is 1. The Hall–Kier alpha value is -2.86. The van der Waals surface area contributed by atoms with Crippen LogP contribution < -0.4 is 5.32 Å². The van der Waals surface area contributed by atoms with E-state index in [1.807, 2.05) is 6.07 Å². The maximum Gasteiger partial charge on any atom is 0.416 e. The van der Waals surface area contributed by atoms with Gasteiger partial charge in [-0.25, -0.2) is 0 Å². The van der Waals surface area contributed by atoms with Crippen molar-refractivity contribution in [1.82, 2.24) is 5.32 Å². The Morgan fingerprint density at radius 2 is 1.76 bits per heavy atom. The van der Waals surface area contributed by atoms with Gasteiger partial charge in [-0.2, -0.15) is 13.2 Å². The monoisotopic (exact) mass is 455 g/mol. The van der Waals surface area contributed by atoms with Crippen molar-refractivity contribution in [2.24, 2.45) is 0 Å². The van der Waals surface area contributed by atoms with E-state index in [9.17, 15) is 18.0 Å². The Kier molecular flexibility index (Phi) is 7.03. The first-order chi connectivity index (χ1) is 15.8. The molecular formula is C27H28F3NO2. The molecule has 4 rings (SSSR count). The van der Waals surface area contributed by atoms with E-state index in [2.05, 4.69) is 41.7 Å². The first-order valence-electron chi connectivity index (χ1n) is 11.4. The first-order valence-corrected chi connectivity index (χ1v) is 11.4. The minimum Gasteiger partial charge on any atom is -0.481 e. The molecule has 0 heterocycles. The highest BCUT2D eigenvalue weighted by molar-refractivity contribution is 5.85. The molecule has 3 aromatic carbocycles. The summed E-state index contributed by atoms with van der Waals surface area (Å²) in [4.78, 5) is 10.9. The Morgan fingerprint density at radius 1 is 0.970 bits per heavy atom. The second kappa shape index (κ2) is 9.96. The smallest absolute Gasteiger partial charge is 0.416 e. The quantitative estimate of drug-likeness (QED) is 0.416. The van der Waals surface area contributed by atoms with Gasteiger partial charge in [-0.1, -0.05) is 54.6 Å². The third-order valence-corrected chi connectivity index (χ3v) is 6.65. The van der Waals surface area contributed by atoms with Crippen LogP contribution in [-0.2, 0) is 23.8 Å². The van der Waals surface area contributed by atoms with Gasteiger partial charge in [0, 0.05) is 12.5 Å². The van der Waals surface area contributed by atoms with Crippen LogP contribution in [0.5, 0.6) is 0 Å². The van der Waals surface area contributed by atoms with E-state index >= 15 is 0 Å². The van der Waals surface area contributed by atoms with Crippen LogP contribution in [0.15, 0.2) is 60.7 Å². The van der Waals surface area contributed by atoms with Crippen molar-refractivity contribution in [3.8, 4) is 0 Å². The zero-order chi connectivity index (χ0) is 23.4. The summed E-state index contributed by atoms with van der Waals surface area (Å²) in [5.41, 5.74) is 1.53. The fraction of sp³-hybridized carbons (Fsp3) is 0.370. The van der Waals surface area contributed by atoms with Crippen molar-refractivity contribution < 1.29 is 23.1 Å². The second-order valence-corrected chi connectivity index (χ2v) is 8.86. The summed E-state index contributed by atoms with van der Waals surface area (Å²) in [6, 6.07) is 19.3. The van der Waals surface area contributed by atoms with E-state index in [-0.39, 0.29) is 24.3 Å². The van der Waals surface area contributed by atoms with E-state index in [0.717, 1.165) is 43.9 Å². The molecule has 6 heteroatoms. The highest BCUT2D eigenvalue weighted by atomic mass is 19.4. The molecule has 1 aliphatic rings.